The van der Waals surface area contributed by atoms with E-state index in [-0.39, 0.29) is 5.97 Å². The lowest BCUT2D eigenvalue weighted by molar-refractivity contribution is -0.142. The first-order valence-electron chi connectivity index (χ1n) is 8.61. The van der Waals surface area contributed by atoms with Gasteiger partial charge in [0.2, 0.25) is 0 Å². The average Bonchev–Trinajstić information content (AvgIpc) is 2.52. The number of unbranched alkanes of at least 4 members (excludes halogenated alkanes) is 6. The van der Waals surface area contributed by atoms with Crippen LogP contribution in [0.25, 0.3) is 0 Å². The molecule has 0 bridgehead atoms. The molecule has 1 atom stereocenters. The third-order valence-corrected chi connectivity index (χ3v) is 3.15. The van der Waals surface area contributed by atoms with Crippen molar-refractivity contribution in [1.82, 2.24) is 0 Å². The van der Waals surface area contributed by atoms with E-state index in [2.05, 4.69) is 30.9 Å². The number of carbonyl (C=O) groups excluding carboxylic acids is 2. The van der Waals surface area contributed by atoms with Crippen molar-refractivity contribution in [3.8, 4) is 11.8 Å². The SMILES string of the molecule is CC/C=C\C/C=C/C(C#CCCCCCCCC=O)OC(C)=O. The Kier molecular flexibility index (Phi) is 15.2. The van der Waals surface area contributed by atoms with Crippen molar-refractivity contribution in [2.75, 3.05) is 0 Å². The number of aldehydes is 1. The Bertz CT molecular complexity index is 424. The summed E-state index contributed by atoms with van der Waals surface area (Å²) in [7, 11) is 0. The second-order valence-corrected chi connectivity index (χ2v) is 5.37. The first-order chi connectivity index (χ1) is 11.2. The Hall–Kier alpha value is -1.82. The lowest BCUT2D eigenvalue weighted by Crippen LogP contribution is -2.11. The van der Waals surface area contributed by atoms with Gasteiger partial charge >= 0.3 is 5.97 Å². The van der Waals surface area contributed by atoms with Gasteiger partial charge in [-0.15, -0.1) is 0 Å². The number of carbonyl (C=O) groups is 2. The Balaban J connectivity index is 4.01. The van der Waals surface area contributed by atoms with Crippen LogP contribution in [0.1, 0.15) is 71.6 Å². The van der Waals surface area contributed by atoms with Crippen LogP contribution in [0.15, 0.2) is 24.3 Å². The Morgan fingerprint density at radius 1 is 1.09 bits per heavy atom. The molecule has 0 aromatic heterocycles. The molecule has 23 heavy (non-hydrogen) atoms. The highest BCUT2D eigenvalue weighted by Gasteiger charge is 2.02. The van der Waals surface area contributed by atoms with Crippen molar-refractivity contribution in [2.24, 2.45) is 0 Å². The summed E-state index contributed by atoms with van der Waals surface area (Å²) in [5, 5.41) is 0. The summed E-state index contributed by atoms with van der Waals surface area (Å²) in [6, 6.07) is 0. The molecular formula is C20H30O3. The normalized spacial score (nSPS) is 12.1. The number of hydrogen-bond donors (Lipinski definition) is 0. The van der Waals surface area contributed by atoms with Crippen LogP contribution in [0.2, 0.25) is 0 Å². The van der Waals surface area contributed by atoms with E-state index in [1.54, 1.807) is 0 Å². The van der Waals surface area contributed by atoms with Crippen molar-refractivity contribution in [2.45, 2.75) is 77.7 Å². The van der Waals surface area contributed by atoms with Gasteiger partial charge in [-0.2, -0.15) is 0 Å². The molecule has 0 rings (SSSR count). The van der Waals surface area contributed by atoms with Crippen LogP contribution in [0.4, 0.5) is 0 Å². The molecule has 0 fully saturated rings. The second-order valence-electron chi connectivity index (χ2n) is 5.37. The van der Waals surface area contributed by atoms with Crippen LogP contribution in [-0.2, 0) is 14.3 Å². The van der Waals surface area contributed by atoms with Gasteiger partial charge in [0.05, 0.1) is 0 Å². The van der Waals surface area contributed by atoms with Crippen molar-refractivity contribution in [3.05, 3.63) is 24.3 Å². The number of hydrogen-bond acceptors (Lipinski definition) is 3. The zero-order valence-corrected chi connectivity index (χ0v) is 14.6. The van der Waals surface area contributed by atoms with Gasteiger partial charge in [0.1, 0.15) is 6.29 Å². The minimum atomic E-state index is -0.449. The highest BCUT2D eigenvalue weighted by molar-refractivity contribution is 5.66. The Labute approximate surface area is 141 Å². The van der Waals surface area contributed by atoms with Gasteiger partial charge in [0.15, 0.2) is 6.10 Å². The van der Waals surface area contributed by atoms with E-state index in [0.29, 0.717) is 6.42 Å². The van der Waals surface area contributed by atoms with E-state index in [4.69, 9.17) is 4.74 Å². The van der Waals surface area contributed by atoms with Gasteiger partial charge in [-0.1, -0.05) is 56.3 Å². The Morgan fingerprint density at radius 3 is 2.52 bits per heavy atom. The average molecular weight is 318 g/mol. The third-order valence-electron chi connectivity index (χ3n) is 3.15. The van der Waals surface area contributed by atoms with Gasteiger partial charge in [-0.3, -0.25) is 4.79 Å². The predicted molar refractivity (Wildman–Crippen MR) is 94.9 cm³/mol. The molecule has 3 heteroatoms. The standard InChI is InChI=1S/C20H30O3/c1-3-4-5-10-13-16-20(23-19(2)22)17-14-11-8-6-7-9-12-15-18-21/h4-5,13,16,18,20H,3,6-12,15H2,1-2H3/b5-4-,16-13+. The molecule has 0 radical (unpaired) electrons. The van der Waals surface area contributed by atoms with E-state index >= 15 is 0 Å². The zero-order valence-electron chi connectivity index (χ0n) is 14.6. The predicted octanol–water partition coefficient (Wildman–Crippen LogP) is 4.76. The summed E-state index contributed by atoms with van der Waals surface area (Å²) >= 11 is 0. The van der Waals surface area contributed by atoms with Crippen LogP contribution in [0.3, 0.4) is 0 Å². The van der Waals surface area contributed by atoms with Gasteiger partial charge in [-0.05, 0) is 31.8 Å². The summed E-state index contributed by atoms with van der Waals surface area (Å²) in [5.41, 5.74) is 0. The molecule has 0 saturated carbocycles. The summed E-state index contributed by atoms with van der Waals surface area (Å²) in [5.74, 6) is 5.78. The first kappa shape index (κ1) is 21.2. The molecule has 0 aromatic carbocycles. The fraction of sp³-hybridized carbons (Fsp3) is 0.600. The van der Waals surface area contributed by atoms with Crippen LogP contribution in [0.5, 0.6) is 0 Å². The summed E-state index contributed by atoms with van der Waals surface area (Å²) < 4.78 is 5.17. The van der Waals surface area contributed by atoms with Gasteiger partial charge in [-0.25, -0.2) is 0 Å². The van der Waals surface area contributed by atoms with Crippen molar-refractivity contribution < 1.29 is 14.3 Å². The monoisotopic (exact) mass is 318 g/mol. The van der Waals surface area contributed by atoms with Crippen molar-refractivity contribution in [3.63, 3.8) is 0 Å². The molecule has 0 aliphatic heterocycles. The van der Waals surface area contributed by atoms with E-state index in [1.807, 2.05) is 12.2 Å². The largest absolute Gasteiger partial charge is 0.445 e. The molecule has 0 amide bonds. The highest BCUT2D eigenvalue weighted by Crippen LogP contribution is 2.06. The number of rotatable bonds is 12. The molecule has 128 valence electrons. The Morgan fingerprint density at radius 2 is 1.83 bits per heavy atom. The minimum Gasteiger partial charge on any atom is -0.445 e. The lowest BCUT2D eigenvalue weighted by atomic mass is 10.1. The quantitative estimate of drug-likeness (QED) is 0.171. The van der Waals surface area contributed by atoms with Crippen molar-refractivity contribution >= 4 is 12.3 Å². The summed E-state index contributed by atoms with van der Waals surface area (Å²) in [6.07, 6.45) is 17.3. The van der Waals surface area contributed by atoms with Crippen LogP contribution >= 0.6 is 0 Å². The molecule has 0 spiro atoms. The van der Waals surface area contributed by atoms with Crippen LogP contribution in [0, 0.1) is 11.8 Å². The van der Waals surface area contributed by atoms with E-state index < -0.39 is 6.10 Å². The molecular weight excluding hydrogens is 288 g/mol. The first-order valence-corrected chi connectivity index (χ1v) is 8.61. The maximum Gasteiger partial charge on any atom is 0.304 e. The molecule has 0 heterocycles. The van der Waals surface area contributed by atoms with E-state index in [9.17, 15) is 9.59 Å². The lowest BCUT2D eigenvalue weighted by Gasteiger charge is -2.05. The molecule has 0 aromatic rings. The van der Waals surface area contributed by atoms with Crippen LogP contribution in [-0.4, -0.2) is 18.4 Å². The molecule has 0 aliphatic carbocycles. The molecule has 0 saturated heterocycles. The topological polar surface area (TPSA) is 43.4 Å². The van der Waals surface area contributed by atoms with Crippen molar-refractivity contribution in [1.29, 1.82) is 0 Å². The van der Waals surface area contributed by atoms with Gasteiger partial charge in [0, 0.05) is 19.8 Å². The number of esters is 1. The second kappa shape index (κ2) is 16.5. The number of allylic oxidation sites excluding steroid dienone is 3. The molecule has 3 nitrogen and oxygen atoms in total. The molecule has 1 unspecified atom stereocenters. The minimum absolute atomic E-state index is 0.312. The summed E-state index contributed by atoms with van der Waals surface area (Å²) in [4.78, 5) is 21.3. The summed E-state index contributed by atoms with van der Waals surface area (Å²) in [6.45, 7) is 3.49. The van der Waals surface area contributed by atoms with Gasteiger partial charge < -0.3 is 9.53 Å². The fourth-order valence-electron chi connectivity index (χ4n) is 1.98. The van der Waals surface area contributed by atoms with Gasteiger partial charge in [0.25, 0.3) is 0 Å². The zero-order chi connectivity index (χ0) is 17.2. The smallest absolute Gasteiger partial charge is 0.304 e. The third kappa shape index (κ3) is 16.4. The van der Waals surface area contributed by atoms with E-state index in [0.717, 1.165) is 57.7 Å². The maximum absolute atomic E-state index is 11.1. The highest BCUT2D eigenvalue weighted by atomic mass is 16.5. The number of ether oxygens (including phenoxy) is 1. The maximum atomic E-state index is 11.1. The van der Waals surface area contributed by atoms with E-state index in [1.165, 1.54) is 6.92 Å². The molecule has 0 aliphatic rings. The molecule has 0 N–H and O–H groups in total. The van der Waals surface area contributed by atoms with Crippen LogP contribution < -0.4 is 0 Å². The fourth-order valence-corrected chi connectivity index (χ4v) is 1.98.